The summed E-state index contributed by atoms with van der Waals surface area (Å²) in [5, 5.41) is 11.3. The van der Waals surface area contributed by atoms with E-state index in [0.29, 0.717) is 18.7 Å². The van der Waals surface area contributed by atoms with Crippen molar-refractivity contribution in [1.29, 1.82) is 0 Å². The fourth-order valence-electron chi connectivity index (χ4n) is 1.66. The molecule has 1 aromatic carbocycles. The monoisotopic (exact) mass is 239 g/mol. The van der Waals surface area contributed by atoms with E-state index in [2.05, 4.69) is 5.16 Å². The molecule has 0 aliphatic heterocycles. The second-order valence-corrected chi connectivity index (χ2v) is 3.73. The summed E-state index contributed by atoms with van der Waals surface area (Å²) in [5.41, 5.74) is 5.97. The summed E-state index contributed by atoms with van der Waals surface area (Å²) < 4.78 is 13.5. The molecule has 0 saturated heterocycles. The number of halogens is 1. The summed E-state index contributed by atoms with van der Waals surface area (Å²) in [7, 11) is 0. The van der Waals surface area contributed by atoms with E-state index in [1.807, 2.05) is 17.9 Å². The van der Waals surface area contributed by atoms with Crippen LogP contribution in [0.15, 0.2) is 29.4 Å². The molecule has 0 amide bonds. The average molecular weight is 239 g/mol. The van der Waals surface area contributed by atoms with Crippen LogP contribution < -0.4 is 10.6 Å². The molecule has 0 fully saturated rings. The maximum absolute atomic E-state index is 13.5. The highest BCUT2D eigenvalue weighted by molar-refractivity contribution is 5.79. The summed E-state index contributed by atoms with van der Waals surface area (Å²) in [4.78, 5) is 1.93. The fraction of sp³-hybridized carbons (Fsp3) is 0.417. The molecular formula is C12H18FN3O. The zero-order chi connectivity index (χ0) is 12.7. The first kappa shape index (κ1) is 13.3. The van der Waals surface area contributed by atoms with Crippen molar-refractivity contribution in [2.24, 2.45) is 10.9 Å². The molecule has 0 aromatic heterocycles. The Labute approximate surface area is 101 Å². The second-order valence-electron chi connectivity index (χ2n) is 3.73. The number of anilines is 1. The third-order valence-electron chi connectivity index (χ3n) is 2.56. The molecule has 0 saturated carbocycles. The van der Waals surface area contributed by atoms with Crippen LogP contribution in [0, 0.1) is 5.82 Å². The van der Waals surface area contributed by atoms with Gasteiger partial charge < -0.3 is 15.8 Å². The van der Waals surface area contributed by atoms with Crippen LogP contribution in [0.4, 0.5) is 10.1 Å². The smallest absolute Gasteiger partial charge is 0.146 e. The van der Waals surface area contributed by atoms with Gasteiger partial charge in [0.25, 0.3) is 0 Å². The third kappa shape index (κ3) is 3.94. The van der Waals surface area contributed by atoms with Gasteiger partial charge in [0.05, 0.1) is 5.69 Å². The van der Waals surface area contributed by atoms with Gasteiger partial charge in [-0.25, -0.2) is 4.39 Å². The second kappa shape index (κ2) is 6.73. The van der Waals surface area contributed by atoms with Crippen molar-refractivity contribution in [3.05, 3.63) is 30.1 Å². The number of benzene rings is 1. The van der Waals surface area contributed by atoms with E-state index < -0.39 is 0 Å². The van der Waals surface area contributed by atoms with E-state index in [4.69, 9.17) is 10.9 Å². The molecule has 1 rings (SSSR count). The first-order valence-corrected chi connectivity index (χ1v) is 5.65. The molecule has 94 valence electrons. The number of nitrogens with zero attached hydrogens (tertiary/aromatic N) is 2. The Morgan fingerprint density at radius 3 is 2.76 bits per heavy atom. The Bertz CT molecular complexity index is 382. The molecule has 3 N–H and O–H groups in total. The molecule has 5 heteroatoms. The van der Waals surface area contributed by atoms with E-state index in [0.717, 1.165) is 13.0 Å². The van der Waals surface area contributed by atoms with Crippen LogP contribution in [0.2, 0.25) is 0 Å². The van der Waals surface area contributed by atoms with Gasteiger partial charge in [0, 0.05) is 19.5 Å². The van der Waals surface area contributed by atoms with Gasteiger partial charge in [0.1, 0.15) is 11.7 Å². The van der Waals surface area contributed by atoms with E-state index in [9.17, 15) is 4.39 Å². The van der Waals surface area contributed by atoms with Crippen molar-refractivity contribution in [1.82, 2.24) is 0 Å². The topological polar surface area (TPSA) is 61.8 Å². The first-order chi connectivity index (χ1) is 8.19. The molecule has 0 heterocycles. The minimum atomic E-state index is -0.224. The molecule has 0 radical (unpaired) electrons. The van der Waals surface area contributed by atoms with E-state index in [-0.39, 0.29) is 11.7 Å². The molecule has 1 aromatic rings. The lowest BCUT2D eigenvalue weighted by atomic mass is 10.2. The fourth-order valence-corrected chi connectivity index (χ4v) is 1.66. The van der Waals surface area contributed by atoms with Gasteiger partial charge in [-0.05, 0) is 25.5 Å². The van der Waals surface area contributed by atoms with Gasteiger partial charge in [0.15, 0.2) is 0 Å². The largest absolute Gasteiger partial charge is 0.409 e. The molecule has 0 bridgehead atoms. The standard InChI is InChI=1S/C12H18FN3O/c1-2-16(9-5-8-12(14)15-17)11-7-4-3-6-10(11)13/h3-4,6-7,17H,2,5,8-9H2,1H3,(H2,14,15). The Morgan fingerprint density at radius 2 is 2.18 bits per heavy atom. The van der Waals surface area contributed by atoms with Crippen molar-refractivity contribution in [3.8, 4) is 0 Å². The molecule has 17 heavy (non-hydrogen) atoms. The van der Waals surface area contributed by atoms with E-state index in [1.165, 1.54) is 6.07 Å². The number of hydrogen-bond acceptors (Lipinski definition) is 3. The van der Waals surface area contributed by atoms with Gasteiger partial charge in [-0.15, -0.1) is 0 Å². The number of hydrogen-bond donors (Lipinski definition) is 2. The molecular weight excluding hydrogens is 221 g/mol. The number of rotatable bonds is 6. The van der Waals surface area contributed by atoms with Crippen LogP contribution >= 0.6 is 0 Å². The summed E-state index contributed by atoms with van der Waals surface area (Å²) >= 11 is 0. The highest BCUT2D eigenvalue weighted by atomic mass is 19.1. The molecule has 0 unspecified atom stereocenters. The van der Waals surface area contributed by atoms with Crippen molar-refractivity contribution in [3.63, 3.8) is 0 Å². The number of para-hydroxylation sites is 1. The van der Waals surface area contributed by atoms with Crippen molar-refractivity contribution < 1.29 is 9.60 Å². The van der Waals surface area contributed by atoms with Crippen molar-refractivity contribution in [2.75, 3.05) is 18.0 Å². The van der Waals surface area contributed by atoms with Crippen molar-refractivity contribution in [2.45, 2.75) is 19.8 Å². The molecule has 0 spiro atoms. The normalized spacial score (nSPS) is 11.5. The number of oxime groups is 1. The minimum absolute atomic E-state index is 0.203. The highest BCUT2D eigenvalue weighted by Gasteiger charge is 2.08. The zero-order valence-corrected chi connectivity index (χ0v) is 9.93. The number of amidine groups is 1. The van der Waals surface area contributed by atoms with Crippen LogP contribution in [-0.2, 0) is 0 Å². The molecule has 0 aliphatic carbocycles. The maximum Gasteiger partial charge on any atom is 0.146 e. The zero-order valence-electron chi connectivity index (χ0n) is 9.93. The summed E-state index contributed by atoms with van der Waals surface area (Å²) in [6.45, 7) is 3.36. The average Bonchev–Trinajstić information content (AvgIpc) is 2.35. The van der Waals surface area contributed by atoms with Crippen LogP contribution in [0.5, 0.6) is 0 Å². The van der Waals surface area contributed by atoms with Gasteiger partial charge in [-0.3, -0.25) is 0 Å². The summed E-state index contributed by atoms with van der Waals surface area (Å²) in [6.07, 6.45) is 1.22. The van der Waals surface area contributed by atoms with Gasteiger partial charge >= 0.3 is 0 Å². The van der Waals surface area contributed by atoms with Crippen LogP contribution in [0.25, 0.3) is 0 Å². The van der Waals surface area contributed by atoms with Crippen LogP contribution in [-0.4, -0.2) is 24.1 Å². The predicted octanol–water partition coefficient (Wildman–Crippen LogP) is 2.18. The first-order valence-electron chi connectivity index (χ1n) is 5.65. The molecule has 0 atom stereocenters. The van der Waals surface area contributed by atoms with Gasteiger partial charge in [-0.1, -0.05) is 17.3 Å². The maximum atomic E-state index is 13.5. The van der Waals surface area contributed by atoms with Crippen molar-refractivity contribution >= 4 is 11.5 Å². The van der Waals surface area contributed by atoms with E-state index in [1.54, 1.807) is 12.1 Å². The van der Waals surface area contributed by atoms with Crippen LogP contribution in [0.1, 0.15) is 19.8 Å². The lowest BCUT2D eigenvalue weighted by Gasteiger charge is -2.23. The lowest BCUT2D eigenvalue weighted by molar-refractivity contribution is 0.316. The van der Waals surface area contributed by atoms with Crippen LogP contribution in [0.3, 0.4) is 0 Å². The Kier molecular flexibility index (Phi) is 5.26. The predicted molar refractivity (Wildman–Crippen MR) is 66.9 cm³/mol. The summed E-state index contributed by atoms with van der Waals surface area (Å²) in [6, 6.07) is 6.68. The molecule has 0 aliphatic rings. The quantitative estimate of drug-likeness (QED) is 0.346. The van der Waals surface area contributed by atoms with Gasteiger partial charge in [0.2, 0.25) is 0 Å². The van der Waals surface area contributed by atoms with Gasteiger partial charge in [-0.2, -0.15) is 0 Å². The Morgan fingerprint density at radius 1 is 1.47 bits per heavy atom. The minimum Gasteiger partial charge on any atom is -0.409 e. The number of nitrogens with two attached hydrogens (primary N) is 1. The SMILES string of the molecule is CCN(CCCC(N)=NO)c1ccccc1F. The highest BCUT2D eigenvalue weighted by Crippen LogP contribution is 2.18. The Balaban J connectivity index is 2.58. The lowest BCUT2D eigenvalue weighted by Crippen LogP contribution is -2.26. The Hall–Kier alpha value is -1.78. The third-order valence-corrected chi connectivity index (χ3v) is 2.56. The molecule has 4 nitrogen and oxygen atoms in total. The summed E-state index contributed by atoms with van der Waals surface area (Å²) in [5.74, 6) is -0.0206. The van der Waals surface area contributed by atoms with E-state index >= 15 is 0 Å².